The number of nitrogens with one attached hydrogen (secondary N) is 1. The minimum Gasteiger partial charge on any atom is -0.463 e. The van der Waals surface area contributed by atoms with Gasteiger partial charge in [0, 0.05) is 42.9 Å². The average Bonchev–Trinajstić information content (AvgIpc) is 3.34. The van der Waals surface area contributed by atoms with Gasteiger partial charge in [-0.25, -0.2) is 9.80 Å². The number of benzene rings is 2. The summed E-state index contributed by atoms with van der Waals surface area (Å²) >= 11 is 0. The van der Waals surface area contributed by atoms with E-state index < -0.39 is 12.1 Å². The zero-order valence-corrected chi connectivity index (χ0v) is 19.9. The van der Waals surface area contributed by atoms with Crippen molar-refractivity contribution in [3.05, 3.63) is 64.1 Å². The summed E-state index contributed by atoms with van der Waals surface area (Å²) in [5, 5.41) is 7.73. The summed E-state index contributed by atoms with van der Waals surface area (Å²) in [5.41, 5.74) is 4.74. The van der Waals surface area contributed by atoms with Crippen LogP contribution in [0.25, 0.3) is 17.2 Å². The molecule has 2 aliphatic rings. The van der Waals surface area contributed by atoms with Crippen molar-refractivity contribution in [2.45, 2.75) is 32.4 Å². The van der Waals surface area contributed by atoms with E-state index in [9.17, 15) is 14.5 Å². The number of carbonyl (C=O) groups is 2. The van der Waals surface area contributed by atoms with Crippen molar-refractivity contribution in [1.82, 2.24) is 9.91 Å². The number of carbonyl (C=O) groups excluding carboxylic acids is 2. The number of nitrogens with two attached hydrogens (primary N) is 1. The van der Waals surface area contributed by atoms with Crippen LogP contribution in [0.1, 0.15) is 42.1 Å². The molecule has 0 saturated carbocycles. The lowest BCUT2D eigenvalue weighted by molar-refractivity contribution is -0.138. The minimum absolute atomic E-state index is 0.0508. The number of nitroso groups, excluding NO2 is 1. The molecule has 0 radical (unpaired) electrons. The number of fused-ring (bicyclic) bond motifs is 1. The number of nitrogens with zero attached hydrogens (tertiary/aromatic N) is 3. The maximum absolute atomic E-state index is 12.7. The van der Waals surface area contributed by atoms with E-state index in [4.69, 9.17) is 10.6 Å². The number of anilines is 1. The first-order chi connectivity index (χ1) is 17.0. The molecule has 2 aromatic carbocycles. The van der Waals surface area contributed by atoms with Crippen LogP contribution in [0.3, 0.4) is 0 Å². The van der Waals surface area contributed by atoms with E-state index >= 15 is 0 Å². The quantitative estimate of drug-likeness (QED) is 0.258. The molecule has 9 nitrogen and oxygen atoms in total. The van der Waals surface area contributed by atoms with Crippen molar-refractivity contribution >= 4 is 23.6 Å². The van der Waals surface area contributed by atoms with Gasteiger partial charge in [-0.15, -0.1) is 0 Å². The van der Waals surface area contributed by atoms with Crippen LogP contribution in [0.2, 0.25) is 0 Å². The molecule has 1 amide bonds. The number of hydrazine groups is 1. The van der Waals surface area contributed by atoms with Gasteiger partial charge in [-0.3, -0.25) is 10.6 Å². The Hall–Kier alpha value is -3.56. The maximum Gasteiger partial charge on any atom is 0.334 e. The van der Waals surface area contributed by atoms with Crippen molar-refractivity contribution in [3.63, 3.8) is 0 Å². The molecule has 1 unspecified atom stereocenters. The van der Waals surface area contributed by atoms with Crippen LogP contribution in [0.15, 0.2) is 53.2 Å². The lowest BCUT2D eigenvalue weighted by atomic mass is 9.99. The van der Waals surface area contributed by atoms with Gasteiger partial charge >= 0.3 is 5.97 Å². The Bertz CT molecular complexity index is 1110. The highest BCUT2D eigenvalue weighted by molar-refractivity contribution is 5.96. The highest BCUT2D eigenvalue weighted by Crippen LogP contribution is 2.32. The predicted molar refractivity (Wildman–Crippen MR) is 135 cm³/mol. The van der Waals surface area contributed by atoms with E-state index in [0.717, 1.165) is 48.3 Å². The standard InChI is InChI=1S/C26H31N5O4/c1-2-35-26(33)22-16-21-15-20(9-10-23(21)29-24(17-22)31(27)14-11-28-34)18-5-7-19(8-6-18)25(32)30-12-3-4-13-30/h5-10,15-16,24,29H,2-4,11-14,17,27H2,1H3. The van der Waals surface area contributed by atoms with Crippen molar-refractivity contribution < 1.29 is 14.3 Å². The second-order valence-electron chi connectivity index (χ2n) is 8.72. The third-order valence-electron chi connectivity index (χ3n) is 6.36. The molecule has 2 heterocycles. The molecule has 35 heavy (non-hydrogen) atoms. The van der Waals surface area contributed by atoms with Crippen molar-refractivity contribution in [1.29, 1.82) is 0 Å². The first kappa shape index (κ1) is 24.6. The lowest BCUT2D eigenvalue weighted by Crippen LogP contribution is -2.47. The summed E-state index contributed by atoms with van der Waals surface area (Å²) in [6.07, 6.45) is 3.85. The molecule has 1 fully saturated rings. The minimum atomic E-state index is -0.407. The normalized spacial score (nSPS) is 17.3. The van der Waals surface area contributed by atoms with Crippen LogP contribution >= 0.6 is 0 Å². The number of rotatable bonds is 8. The van der Waals surface area contributed by atoms with Gasteiger partial charge < -0.3 is 15.0 Å². The molecule has 0 aromatic heterocycles. The van der Waals surface area contributed by atoms with Gasteiger partial charge in [-0.1, -0.05) is 23.4 Å². The van der Waals surface area contributed by atoms with Gasteiger partial charge in [0.2, 0.25) is 0 Å². The molecule has 1 saturated heterocycles. The fourth-order valence-corrected chi connectivity index (χ4v) is 4.47. The van der Waals surface area contributed by atoms with Crippen molar-refractivity contribution in [2.24, 2.45) is 11.0 Å². The van der Waals surface area contributed by atoms with Gasteiger partial charge in [-0.05, 0) is 66.8 Å². The van der Waals surface area contributed by atoms with Gasteiger partial charge in [0.15, 0.2) is 0 Å². The fraction of sp³-hybridized carbons (Fsp3) is 0.385. The monoisotopic (exact) mass is 477 g/mol. The van der Waals surface area contributed by atoms with Crippen molar-refractivity contribution in [3.8, 4) is 11.1 Å². The van der Waals surface area contributed by atoms with Crippen LogP contribution in [0, 0.1) is 4.91 Å². The second kappa shape index (κ2) is 11.2. The number of hydrogen-bond acceptors (Lipinski definition) is 8. The molecule has 0 aliphatic carbocycles. The number of ether oxygens (including phenoxy) is 1. The number of esters is 1. The Kier molecular flexibility index (Phi) is 7.89. The van der Waals surface area contributed by atoms with Crippen LogP contribution in [-0.2, 0) is 9.53 Å². The van der Waals surface area contributed by atoms with Gasteiger partial charge in [0.1, 0.15) is 0 Å². The Balaban J connectivity index is 1.61. The van der Waals surface area contributed by atoms with E-state index in [-0.39, 0.29) is 25.6 Å². The number of likely N-dealkylation sites (tertiary alicyclic amines) is 1. The largest absolute Gasteiger partial charge is 0.463 e. The summed E-state index contributed by atoms with van der Waals surface area (Å²) in [6, 6.07) is 13.5. The van der Waals surface area contributed by atoms with Crippen molar-refractivity contribution in [2.75, 3.05) is 38.1 Å². The maximum atomic E-state index is 12.7. The molecule has 4 rings (SSSR count). The first-order valence-corrected chi connectivity index (χ1v) is 12.0. The average molecular weight is 478 g/mol. The molecule has 2 aliphatic heterocycles. The van der Waals surface area contributed by atoms with E-state index in [2.05, 4.69) is 10.5 Å². The van der Waals surface area contributed by atoms with Crippen LogP contribution in [0.4, 0.5) is 5.69 Å². The first-order valence-electron chi connectivity index (χ1n) is 12.0. The van der Waals surface area contributed by atoms with E-state index in [1.165, 1.54) is 5.01 Å². The van der Waals surface area contributed by atoms with Crippen LogP contribution in [0.5, 0.6) is 0 Å². The molecule has 0 bridgehead atoms. The molecule has 184 valence electrons. The van der Waals surface area contributed by atoms with Gasteiger partial charge in [-0.2, -0.15) is 4.91 Å². The third kappa shape index (κ3) is 5.75. The van der Waals surface area contributed by atoms with E-state index in [1.807, 2.05) is 53.4 Å². The summed E-state index contributed by atoms with van der Waals surface area (Å²) in [7, 11) is 0. The van der Waals surface area contributed by atoms with Crippen LogP contribution < -0.4 is 11.2 Å². The molecule has 0 spiro atoms. The number of hydrogen-bond donors (Lipinski definition) is 2. The molecular formula is C26H31N5O4. The summed E-state index contributed by atoms with van der Waals surface area (Å²) in [4.78, 5) is 37.7. The molecule has 9 heteroatoms. The smallest absolute Gasteiger partial charge is 0.334 e. The Morgan fingerprint density at radius 3 is 2.54 bits per heavy atom. The topological polar surface area (TPSA) is 117 Å². The Labute approximate surface area is 204 Å². The predicted octanol–water partition coefficient (Wildman–Crippen LogP) is 3.62. The summed E-state index contributed by atoms with van der Waals surface area (Å²) < 4.78 is 5.26. The summed E-state index contributed by atoms with van der Waals surface area (Å²) in [5.74, 6) is 5.84. The van der Waals surface area contributed by atoms with E-state index in [1.54, 1.807) is 6.92 Å². The second-order valence-corrected chi connectivity index (χ2v) is 8.72. The lowest BCUT2D eigenvalue weighted by Gasteiger charge is -2.28. The highest BCUT2D eigenvalue weighted by Gasteiger charge is 2.25. The number of amides is 1. The third-order valence-corrected chi connectivity index (χ3v) is 6.36. The SMILES string of the molecule is CCOC(=O)C1=Cc2cc(-c3ccc(C(=O)N4CCCC4)cc3)ccc2NC(N(N)CCN=O)C1. The molecule has 2 aromatic rings. The van der Waals surface area contributed by atoms with Crippen LogP contribution in [-0.4, -0.2) is 60.7 Å². The fourth-order valence-electron chi connectivity index (χ4n) is 4.47. The highest BCUT2D eigenvalue weighted by atomic mass is 16.5. The van der Waals surface area contributed by atoms with Gasteiger partial charge in [0.25, 0.3) is 5.91 Å². The van der Waals surface area contributed by atoms with E-state index in [0.29, 0.717) is 17.6 Å². The Morgan fingerprint density at radius 1 is 1.14 bits per heavy atom. The van der Waals surface area contributed by atoms with Gasteiger partial charge in [0.05, 0.1) is 19.3 Å². The molecular weight excluding hydrogens is 446 g/mol. The molecule has 1 atom stereocenters. The summed E-state index contributed by atoms with van der Waals surface area (Å²) in [6.45, 7) is 3.98. The zero-order valence-electron chi connectivity index (χ0n) is 19.9. The zero-order chi connectivity index (χ0) is 24.8. The Morgan fingerprint density at radius 2 is 1.86 bits per heavy atom. The molecule has 3 N–H and O–H groups in total.